The van der Waals surface area contributed by atoms with Crippen LogP contribution in [0.3, 0.4) is 0 Å². The molecule has 1 aliphatic heterocycles. The summed E-state index contributed by atoms with van der Waals surface area (Å²) in [5.74, 6) is 0. The van der Waals surface area contributed by atoms with Crippen LogP contribution in [-0.2, 0) is 0 Å². The molecule has 0 spiro atoms. The van der Waals surface area contributed by atoms with Gasteiger partial charge in [-0.1, -0.05) is 18.2 Å². The summed E-state index contributed by atoms with van der Waals surface area (Å²) in [6, 6.07) is 0. The first-order valence-electron chi connectivity index (χ1n) is 4.32. The summed E-state index contributed by atoms with van der Waals surface area (Å²) in [5.41, 5.74) is 6.52. The predicted molar refractivity (Wildman–Crippen MR) is 54.0 cm³/mol. The van der Waals surface area contributed by atoms with Gasteiger partial charge in [0.15, 0.2) is 5.50 Å². The highest BCUT2D eigenvalue weighted by Gasteiger charge is 2.08. The second-order valence-corrected chi connectivity index (χ2v) is 3.59. The highest BCUT2D eigenvalue weighted by Crippen LogP contribution is 2.19. The average molecular weight is 186 g/mol. The van der Waals surface area contributed by atoms with E-state index in [1.165, 1.54) is 12.8 Å². The second-order valence-electron chi connectivity index (χ2n) is 2.67. The molecule has 12 heavy (non-hydrogen) atoms. The third kappa shape index (κ3) is 3.99. The van der Waals surface area contributed by atoms with Gasteiger partial charge in [-0.25, -0.2) is 0 Å². The van der Waals surface area contributed by atoms with Crippen LogP contribution in [0, 0.1) is 5.50 Å². The van der Waals surface area contributed by atoms with Crippen LogP contribution in [-0.4, -0.2) is 13.1 Å². The van der Waals surface area contributed by atoms with E-state index < -0.39 is 0 Å². The molecule has 0 aliphatic carbocycles. The lowest BCUT2D eigenvalue weighted by Crippen LogP contribution is -2.26. The molecule has 0 fully saturated rings. The van der Waals surface area contributed by atoms with Crippen LogP contribution in [0.15, 0.2) is 11.6 Å². The zero-order valence-electron chi connectivity index (χ0n) is 7.18. The van der Waals surface area contributed by atoms with Crippen molar-refractivity contribution in [1.29, 1.82) is 0 Å². The summed E-state index contributed by atoms with van der Waals surface area (Å²) in [5, 5.41) is 8.45. The van der Waals surface area contributed by atoms with Crippen LogP contribution >= 0.6 is 11.8 Å². The number of hydrogen-bond acceptors (Lipinski definition) is 4. The van der Waals surface area contributed by atoms with E-state index >= 15 is 0 Å². The lowest BCUT2D eigenvalue weighted by Gasteiger charge is -2.09. The Labute approximate surface area is 78.2 Å². The van der Waals surface area contributed by atoms with Gasteiger partial charge < -0.3 is 11.1 Å². The standard InChI is InChI=1S/C8H16N3S/c9-4-2-1-3-5-10-8-11-6-7-12-8/h6-7,10-11H,1-5,9H2. The summed E-state index contributed by atoms with van der Waals surface area (Å²) >= 11 is 1.70. The van der Waals surface area contributed by atoms with Gasteiger partial charge in [0.1, 0.15) is 0 Å². The molecule has 0 aromatic heterocycles. The maximum absolute atomic E-state index is 5.38. The van der Waals surface area contributed by atoms with Gasteiger partial charge in [-0.15, -0.1) is 0 Å². The Balaban J connectivity index is 1.82. The van der Waals surface area contributed by atoms with Crippen LogP contribution < -0.4 is 16.4 Å². The minimum absolute atomic E-state index is 0.811. The van der Waals surface area contributed by atoms with Crippen molar-refractivity contribution in [3.05, 3.63) is 17.1 Å². The molecular formula is C8H16N3S. The fourth-order valence-corrected chi connectivity index (χ4v) is 1.58. The fourth-order valence-electron chi connectivity index (χ4n) is 0.987. The zero-order valence-corrected chi connectivity index (χ0v) is 7.99. The molecule has 0 saturated carbocycles. The maximum atomic E-state index is 5.38. The molecule has 4 heteroatoms. The lowest BCUT2D eigenvalue weighted by atomic mass is 10.2. The Morgan fingerprint density at radius 3 is 3.00 bits per heavy atom. The van der Waals surface area contributed by atoms with E-state index in [1.54, 1.807) is 11.8 Å². The number of hydrogen-bond donors (Lipinski definition) is 3. The van der Waals surface area contributed by atoms with Crippen LogP contribution in [0.25, 0.3) is 0 Å². The summed E-state index contributed by atoms with van der Waals surface area (Å²) in [7, 11) is 0. The van der Waals surface area contributed by atoms with E-state index in [0.29, 0.717) is 0 Å². The van der Waals surface area contributed by atoms with E-state index in [4.69, 9.17) is 5.73 Å². The normalized spacial score (nSPS) is 16.8. The van der Waals surface area contributed by atoms with Crippen molar-refractivity contribution >= 4 is 11.8 Å². The maximum Gasteiger partial charge on any atom is 0.188 e. The molecule has 0 aromatic carbocycles. The first-order valence-corrected chi connectivity index (χ1v) is 5.20. The molecule has 1 heterocycles. The largest absolute Gasteiger partial charge is 0.360 e. The molecule has 69 valence electrons. The van der Waals surface area contributed by atoms with Crippen molar-refractivity contribution in [3.63, 3.8) is 0 Å². The Morgan fingerprint density at radius 2 is 2.33 bits per heavy atom. The average Bonchev–Trinajstić information content (AvgIpc) is 2.57. The van der Waals surface area contributed by atoms with Crippen LogP contribution in [0.5, 0.6) is 0 Å². The highest BCUT2D eigenvalue weighted by atomic mass is 32.2. The monoisotopic (exact) mass is 186 g/mol. The van der Waals surface area contributed by atoms with E-state index in [-0.39, 0.29) is 0 Å². The lowest BCUT2D eigenvalue weighted by molar-refractivity contribution is 0.624. The van der Waals surface area contributed by atoms with E-state index in [1.807, 2.05) is 11.6 Å². The molecular weight excluding hydrogens is 170 g/mol. The van der Waals surface area contributed by atoms with Crippen LogP contribution in [0.1, 0.15) is 19.3 Å². The van der Waals surface area contributed by atoms with Gasteiger partial charge in [0.05, 0.1) is 0 Å². The van der Waals surface area contributed by atoms with Crippen molar-refractivity contribution in [3.8, 4) is 0 Å². The van der Waals surface area contributed by atoms with Crippen molar-refractivity contribution in [2.75, 3.05) is 13.1 Å². The molecule has 0 atom stereocenters. The number of nitrogens with one attached hydrogen (secondary N) is 2. The first-order chi connectivity index (χ1) is 5.93. The van der Waals surface area contributed by atoms with Crippen LogP contribution in [0.4, 0.5) is 0 Å². The quantitative estimate of drug-likeness (QED) is 0.541. The minimum Gasteiger partial charge on any atom is -0.360 e. The van der Waals surface area contributed by atoms with Gasteiger partial charge in [-0.3, -0.25) is 5.32 Å². The third-order valence-electron chi connectivity index (χ3n) is 1.63. The highest BCUT2D eigenvalue weighted by molar-refractivity contribution is 8.05. The smallest absolute Gasteiger partial charge is 0.188 e. The van der Waals surface area contributed by atoms with Crippen molar-refractivity contribution in [2.24, 2.45) is 5.73 Å². The minimum atomic E-state index is 0.811. The molecule has 1 rings (SSSR count). The zero-order chi connectivity index (χ0) is 8.65. The van der Waals surface area contributed by atoms with Gasteiger partial charge in [-0.05, 0) is 31.3 Å². The first kappa shape index (κ1) is 9.89. The number of unbranched alkanes of at least 4 members (excludes halogenated alkanes) is 2. The number of rotatable bonds is 6. The topological polar surface area (TPSA) is 50.1 Å². The summed E-state index contributed by atoms with van der Waals surface area (Å²) in [4.78, 5) is 0. The van der Waals surface area contributed by atoms with E-state index in [9.17, 15) is 0 Å². The molecule has 0 saturated heterocycles. The van der Waals surface area contributed by atoms with E-state index in [0.717, 1.165) is 25.0 Å². The fraction of sp³-hybridized carbons (Fsp3) is 0.625. The summed E-state index contributed by atoms with van der Waals surface area (Å²) < 4.78 is 0. The number of thioether (sulfide) groups is 1. The Hall–Kier alpha value is -0.190. The van der Waals surface area contributed by atoms with Crippen LogP contribution in [0.2, 0.25) is 0 Å². The van der Waals surface area contributed by atoms with Crippen molar-refractivity contribution in [1.82, 2.24) is 10.6 Å². The van der Waals surface area contributed by atoms with Gasteiger partial charge in [-0.2, -0.15) is 0 Å². The summed E-state index contributed by atoms with van der Waals surface area (Å²) in [6.45, 7) is 1.85. The Bertz CT molecular complexity index is 130. The van der Waals surface area contributed by atoms with Gasteiger partial charge >= 0.3 is 0 Å². The van der Waals surface area contributed by atoms with Gasteiger partial charge in [0, 0.05) is 6.20 Å². The molecule has 1 radical (unpaired) electrons. The molecule has 0 bridgehead atoms. The van der Waals surface area contributed by atoms with Crippen molar-refractivity contribution < 1.29 is 0 Å². The molecule has 4 N–H and O–H groups in total. The molecule has 0 unspecified atom stereocenters. The Morgan fingerprint density at radius 1 is 1.42 bits per heavy atom. The number of nitrogens with two attached hydrogens (primary N) is 1. The SMILES string of the molecule is NCCCCCN[C]1NC=CS1. The predicted octanol–water partition coefficient (Wildman–Crippen LogP) is 0.960. The second kappa shape index (κ2) is 6.34. The van der Waals surface area contributed by atoms with Gasteiger partial charge in [0.2, 0.25) is 0 Å². The van der Waals surface area contributed by atoms with Gasteiger partial charge in [0.25, 0.3) is 0 Å². The Kier molecular flexibility index (Phi) is 5.23. The molecule has 0 aromatic rings. The summed E-state index contributed by atoms with van der Waals surface area (Å²) in [6.07, 6.45) is 5.49. The molecule has 0 amide bonds. The third-order valence-corrected chi connectivity index (χ3v) is 2.40. The molecule has 1 aliphatic rings. The van der Waals surface area contributed by atoms with Crippen molar-refractivity contribution in [2.45, 2.75) is 19.3 Å². The van der Waals surface area contributed by atoms with E-state index in [2.05, 4.69) is 10.6 Å². The molecule has 3 nitrogen and oxygen atoms in total.